The first kappa shape index (κ1) is 19.5. The van der Waals surface area contributed by atoms with Gasteiger partial charge in [-0.05, 0) is 30.2 Å². The SMILES string of the molecule is CCC(C)C(N)C(=O)Nc1cnn(CC(=O)Nc2ccc(OC)cc2)c1. The second-order valence-corrected chi connectivity index (χ2v) is 6.10. The monoisotopic (exact) mass is 359 g/mol. The number of nitrogens with zero attached hydrogens (tertiary/aromatic N) is 2. The van der Waals surface area contributed by atoms with E-state index >= 15 is 0 Å². The highest BCUT2D eigenvalue weighted by atomic mass is 16.5. The molecule has 4 N–H and O–H groups in total. The lowest BCUT2D eigenvalue weighted by atomic mass is 9.99. The highest BCUT2D eigenvalue weighted by Crippen LogP contribution is 2.15. The van der Waals surface area contributed by atoms with Crippen molar-refractivity contribution < 1.29 is 14.3 Å². The molecule has 1 aromatic heterocycles. The highest BCUT2D eigenvalue weighted by molar-refractivity contribution is 5.94. The van der Waals surface area contributed by atoms with Crippen LogP contribution in [0.25, 0.3) is 0 Å². The number of nitrogens with one attached hydrogen (secondary N) is 2. The molecule has 0 spiro atoms. The van der Waals surface area contributed by atoms with Crippen molar-refractivity contribution in [1.82, 2.24) is 9.78 Å². The van der Waals surface area contributed by atoms with Gasteiger partial charge in [-0.3, -0.25) is 14.3 Å². The summed E-state index contributed by atoms with van der Waals surface area (Å²) in [6.45, 7) is 3.94. The lowest BCUT2D eigenvalue weighted by Crippen LogP contribution is -2.40. The highest BCUT2D eigenvalue weighted by Gasteiger charge is 2.19. The van der Waals surface area contributed by atoms with Gasteiger partial charge >= 0.3 is 0 Å². The van der Waals surface area contributed by atoms with Crippen LogP contribution in [0.5, 0.6) is 5.75 Å². The van der Waals surface area contributed by atoms with Crippen LogP contribution in [0.4, 0.5) is 11.4 Å². The molecule has 0 radical (unpaired) electrons. The number of hydrogen-bond acceptors (Lipinski definition) is 5. The summed E-state index contributed by atoms with van der Waals surface area (Å²) in [5.74, 6) is 0.306. The largest absolute Gasteiger partial charge is 0.497 e. The zero-order chi connectivity index (χ0) is 19.1. The number of methoxy groups -OCH3 is 1. The van der Waals surface area contributed by atoms with E-state index in [1.54, 1.807) is 37.6 Å². The Labute approximate surface area is 152 Å². The average Bonchev–Trinajstić information content (AvgIpc) is 3.07. The Morgan fingerprint density at radius 1 is 1.23 bits per heavy atom. The molecular formula is C18H25N5O3. The molecule has 8 nitrogen and oxygen atoms in total. The van der Waals surface area contributed by atoms with Crippen LogP contribution in [-0.4, -0.2) is 34.7 Å². The summed E-state index contributed by atoms with van der Waals surface area (Å²) in [6, 6.07) is 6.44. The number of ether oxygens (including phenoxy) is 1. The van der Waals surface area contributed by atoms with Crippen molar-refractivity contribution >= 4 is 23.2 Å². The van der Waals surface area contributed by atoms with Gasteiger partial charge in [0, 0.05) is 11.9 Å². The van der Waals surface area contributed by atoms with Crippen molar-refractivity contribution in [3.8, 4) is 5.75 Å². The van der Waals surface area contributed by atoms with Gasteiger partial charge in [-0.1, -0.05) is 20.3 Å². The van der Waals surface area contributed by atoms with Gasteiger partial charge in [-0.15, -0.1) is 0 Å². The Morgan fingerprint density at radius 3 is 2.54 bits per heavy atom. The standard InChI is InChI=1S/C18H25N5O3/c1-4-12(2)17(19)18(25)22-14-9-20-23(10-14)11-16(24)21-13-5-7-15(26-3)8-6-13/h5-10,12,17H,4,11,19H2,1-3H3,(H,21,24)(H,22,25). The first-order valence-electron chi connectivity index (χ1n) is 8.45. The first-order chi connectivity index (χ1) is 12.4. The molecule has 2 rings (SSSR count). The predicted octanol–water partition coefficient (Wildman–Crippen LogP) is 1.84. The molecule has 2 atom stereocenters. The van der Waals surface area contributed by atoms with Crippen LogP contribution in [0.3, 0.4) is 0 Å². The van der Waals surface area contributed by atoms with Crippen molar-refractivity contribution in [2.24, 2.45) is 11.7 Å². The molecule has 8 heteroatoms. The quantitative estimate of drug-likeness (QED) is 0.666. The molecule has 1 heterocycles. The Kier molecular flexibility index (Phi) is 6.74. The predicted molar refractivity (Wildman–Crippen MR) is 99.9 cm³/mol. The van der Waals surface area contributed by atoms with E-state index < -0.39 is 6.04 Å². The lowest BCUT2D eigenvalue weighted by Gasteiger charge is -2.16. The second-order valence-electron chi connectivity index (χ2n) is 6.10. The van der Waals surface area contributed by atoms with Crippen molar-refractivity contribution in [1.29, 1.82) is 0 Å². The van der Waals surface area contributed by atoms with Crippen LogP contribution in [0.1, 0.15) is 20.3 Å². The number of carbonyl (C=O) groups excluding carboxylic acids is 2. The number of rotatable bonds is 8. The fourth-order valence-corrected chi connectivity index (χ4v) is 2.27. The number of carbonyl (C=O) groups is 2. The van der Waals surface area contributed by atoms with E-state index in [0.29, 0.717) is 17.1 Å². The maximum Gasteiger partial charge on any atom is 0.246 e. The molecule has 26 heavy (non-hydrogen) atoms. The van der Waals surface area contributed by atoms with Crippen molar-refractivity contribution in [2.75, 3.05) is 17.7 Å². The van der Waals surface area contributed by atoms with Crippen LogP contribution < -0.4 is 21.1 Å². The maximum atomic E-state index is 12.1. The third-order valence-electron chi connectivity index (χ3n) is 4.14. The third-order valence-corrected chi connectivity index (χ3v) is 4.14. The fraction of sp³-hybridized carbons (Fsp3) is 0.389. The van der Waals surface area contributed by atoms with Gasteiger partial charge < -0.3 is 21.1 Å². The van der Waals surface area contributed by atoms with E-state index in [4.69, 9.17) is 10.5 Å². The van der Waals surface area contributed by atoms with Crippen molar-refractivity contribution in [2.45, 2.75) is 32.9 Å². The van der Waals surface area contributed by atoms with E-state index in [0.717, 1.165) is 6.42 Å². The summed E-state index contributed by atoms with van der Waals surface area (Å²) in [4.78, 5) is 24.2. The Morgan fingerprint density at radius 2 is 1.92 bits per heavy atom. The number of nitrogens with two attached hydrogens (primary N) is 1. The molecule has 0 saturated heterocycles. The van der Waals surface area contributed by atoms with Gasteiger partial charge in [0.05, 0.1) is 25.0 Å². The lowest BCUT2D eigenvalue weighted by molar-refractivity contribution is -0.118. The molecule has 2 amide bonds. The minimum absolute atomic E-state index is 0.0271. The van der Waals surface area contributed by atoms with Crippen molar-refractivity contribution in [3.05, 3.63) is 36.7 Å². The minimum atomic E-state index is -0.582. The Bertz CT molecular complexity index is 742. The average molecular weight is 359 g/mol. The van der Waals surface area contributed by atoms with E-state index in [-0.39, 0.29) is 24.3 Å². The van der Waals surface area contributed by atoms with E-state index in [9.17, 15) is 9.59 Å². The smallest absolute Gasteiger partial charge is 0.246 e. The number of anilines is 2. The van der Waals surface area contributed by atoms with Crippen LogP contribution in [-0.2, 0) is 16.1 Å². The Hall–Kier alpha value is -2.87. The zero-order valence-corrected chi connectivity index (χ0v) is 15.2. The van der Waals surface area contributed by atoms with Gasteiger partial charge in [-0.25, -0.2) is 0 Å². The van der Waals surface area contributed by atoms with Crippen LogP contribution in [0.15, 0.2) is 36.7 Å². The van der Waals surface area contributed by atoms with E-state index in [1.165, 1.54) is 10.9 Å². The summed E-state index contributed by atoms with van der Waals surface area (Å²) in [5.41, 5.74) is 7.07. The fourth-order valence-electron chi connectivity index (χ4n) is 2.27. The van der Waals surface area contributed by atoms with Crippen LogP contribution in [0, 0.1) is 5.92 Å². The Balaban J connectivity index is 1.88. The maximum absolute atomic E-state index is 12.1. The van der Waals surface area contributed by atoms with Crippen molar-refractivity contribution in [3.63, 3.8) is 0 Å². The van der Waals surface area contributed by atoms with Crippen LogP contribution >= 0.6 is 0 Å². The van der Waals surface area contributed by atoms with Gasteiger partial charge in [0.2, 0.25) is 11.8 Å². The van der Waals surface area contributed by atoms with E-state index in [1.807, 2.05) is 13.8 Å². The van der Waals surface area contributed by atoms with Crippen LogP contribution in [0.2, 0.25) is 0 Å². The summed E-state index contributed by atoms with van der Waals surface area (Å²) >= 11 is 0. The molecule has 1 aromatic carbocycles. The number of amides is 2. The van der Waals surface area contributed by atoms with Gasteiger partial charge in [0.25, 0.3) is 0 Å². The molecule has 0 aliphatic heterocycles. The molecular weight excluding hydrogens is 334 g/mol. The van der Waals surface area contributed by atoms with Gasteiger partial charge in [0.15, 0.2) is 0 Å². The van der Waals surface area contributed by atoms with Gasteiger partial charge in [0.1, 0.15) is 12.3 Å². The molecule has 0 aliphatic carbocycles. The molecule has 2 unspecified atom stereocenters. The second kappa shape index (κ2) is 9.00. The first-order valence-corrected chi connectivity index (χ1v) is 8.45. The number of aromatic nitrogens is 2. The van der Waals surface area contributed by atoms with Gasteiger partial charge in [-0.2, -0.15) is 5.10 Å². The molecule has 0 aliphatic rings. The topological polar surface area (TPSA) is 111 Å². The normalized spacial score (nSPS) is 12.9. The summed E-state index contributed by atoms with van der Waals surface area (Å²) in [7, 11) is 1.58. The third kappa shape index (κ3) is 5.32. The minimum Gasteiger partial charge on any atom is -0.497 e. The molecule has 2 aromatic rings. The molecule has 0 saturated carbocycles. The zero-order valence-electron chi connectivity index (χ0n) is 15.2. The molecule has 0 bridgehead atoms. The summed E-state index contributed by atoms with van der Waals surface area (Å²) in [6.07, 6.45) is 3.90. The summed E-state index contributed by atoms with van der Waals surface area (Å²) < 4.78 is 6.52. The molecule has 140 valence electrons. The summed E-state index contributed by atoms with van der Waals surface area (Å²) in [5, 5.41) is 9.57. The number of benzene rings is 1. The molecule has 0 fully saturated rings. The van der Waals surface area contributed by atoms with E-state index in [2.05, 4.69) is 15.7 Å². The number of hydrogen-bond donors (Lipinski definition) is 3.